The Morgan fingerprint density at radius 3 is 2.76 bits per heavy atom. The van der Waals surface area contributed by atoms with Gasteiger partial charge < -0.3 is 16.2 Å². The van der Waals surface area contributed by atoms with E-state index in [4.69, 9.17) is 5.73 Å². The number of rotatable bonds is 6. The highest BCUT2D eigenvalue weighted by Crippen LogP contribution is 2.13. The van der Waals surface area contributed by atoms with Gasteiger partial charge in [-0.25, -0.2) is 4.98 Å². The lowest BCUT2D eigenvalue weighted by Gasteiger charge is -2.11. The molecule has 0 aliphatic heterocycles. The van der Waals surface area contributed by atoms with E-state index in [1.807, 2.05) is 6.20 Å². The first kappa shape index (κ1) is 15.5. The molecule has 6 heteroatoms. The van der Waals surface area contributed by atoms with Gasteiger partial charge in [0.05, 0.1) is 12.6 Å². The van der Waals surface area contributed by atoms with E-state index in [9.17, 15) is 9.90 Å². The monoisotopic (exact) mass is 305 g/mol. The lowest BCUT2D eigenvalue weighted by atomic mass is 10.1. The van der Waals surface area contributed by atoms with Crippen molar-refractivity contribution in [1.82, 2.24) is 10.3 Å². The van der Waals surface area contributed by atoms with E-state index < -0.39 is 6.04 Å². The number of carbonyl (C=O) groups is 1. The quantitative estimate of drug-likeness (QED) is 0.756. The number of nitrogens with zero attached hydrogens (tertiary/aromatic N) is 1. The molecule has 1 amide bonds. The number of nitrogens with one attached hydrogen (secondary N) is 1. The second kappa shape index (κ2) is 7.19. The van der Waals surface area contributed by atoms with E-state index in [-0.39, 0.29) is 11.7 Å². The topological polar surface area (TPSA) is 88.2 Å². The fraction of sp³-hybridized carbons (Fsp3) is 0.333. The number of amides is 1. The lowest BCUT2D eigenvalue weighted by Crippen LogP contribution is -2.41. The molecule has 0 saturated heterocycles. The Bertz CT molecular complexity index is 595. The number of phenols is 1. The molecule has 1 atom stereocenters. The minimum atomic E-state index is -0.611. The molecule has 112 valence electrons. The van der Waals surface area contributed by atoms with E-state index in [0.717, 1.165) is 17.0 Å². The predicted octanol–water partition coefficient (Wildman–Crippen LogP) is 1.60. The Kier molecular flexibility index (Phi) is 5.30. The van der Waals surface area contributed by atoms with Crippen molar-refractivity contribution < 1.29 is 9.90 Å². The number of hydrogen-bond acceptors (Lipinski definition) is 5. The molecule has 4 N–H and O–H groups in total. The van der Waals surface area contributed by atoms with Gasteiger partial charge in [0.25, 0.3) is 0 Å². The molecule has 21 heavy (non-hydrogen) atoms. The molecule has 1 aromatic carbocycles. The summed E-state index contributed by atoms with van der Waals surface area (Å²) < 4.78 is 0. The van der Waals surface area contributed by atoms with E-state index >= 15 is 0 Å². The highest BCUT2D eigenvalue weighted by atomic mass is 32.1. The van der Waals surface area contributed by atoms with Crippen LogP contribution in [0.5, 0.6) is 5.75 Å². The summed E-state index contributed by atoms with van der Waals surface area (Å²) in [6, 6.07) is 6.08. The second-order valence-corrected chi connectivity index (χ2v) is 5.97. The molecule has 1 aromatic heterocycles. The molecule has 0 aliphatic rings. The Labute approximate surface area is 127 Å². The van der Waals surface area contributed by atoms with Gasteiger partial charge in [-0.15, -0.1) is 11.3 Å². The van der Waals surface area contributed by atoms with Gasteiger partial charge in [0, 0.05) is 11.1 Å². The van der Waals surface area contributed by atoms with Crippen molar-refractivity contribution >= 4 is 17.2 Å². The molecule has 0 spiro atoms. The van der Waals surface area contributed by atoms with Crippen LogP contribution in [-0.2, 0) is 24.2 Å². The molecule has 0 bridgehead atoms. The number of thiazole rings is 1. The Morgan fingerprint density at radius 1 is 1.43 bits per heavy atom. The van der Waals surface area contributed by atoms with Gasteiger partial charge in [0.1, 0.15) is 10.8 Å². The van der Waals surface area contributed by atoms with Gasteiger partial charge in [-0.05, 0) is 30.5 Å². The average Bonchev–Trinajstić information content (AvgIpc) is 2.95. The third-order valence-electron chi connectivity index (χ3n) is 3.09. The number of aromatic nitrogens is 1. The van der Waals surface area contributed by atoms with Gasteiger partial charge in [0.2, 0.25) is 5.91 Å². The molecule has 2 rings (SSSR count). The maximum absolute atomic E-state index is 12.0. The van der Waals surface area contributed by atoms with Crippen LogP contribution in [0.4, 0.5) is 0 Å². The van der Waals surface area contributed by atoms with Gasteiger partial charge in [-0.2, -0.15) is 0 Å². The number of benzene rings is 1. The van der Waals surface area contributed by atoms with E-state index in [1.165, 1.54) is 4.88 Å². The van der Waals surface area contributed by atoms with Gasteiger partial charge in [0.15, 0.2) is 0 Å². The molecule has 5 nitrogen and oxygen atoms in total. The summed E-state index contributed by atoms with van der Waals surface area (Å²) in [4.78, 5) is 17.4. The smallest absolute Gasteiger partial charge is 0.237 e. The number of aryl methyl sites for hydroxylation is 1. The number of carbonyl (C=O) groups excluding carboxylic acids is 1. The molecule has 2 aromatic rings. The van der Waals surface area contributed by atoms with Crippen LogP contribution in [0.2, 0.25) is 0 Å². The van der Waals surface area contributed by atoms with Crippen LogP contribution in [0.25, 0.3) is 0 Å². The first-order chi connectivity index (χ1) is 10.1. The molecule has 0 fully saturated rings. The van der Waals surface area contributed by atoms with Gasteiger partial charge in [-0.3, -0.25) is 4.79 Å². The van der Waals surface area contributed by atoms with E-state index in [1.54, 1.807) is 35.6 Å². The zero-order chi connectivity index (χ0) is 15.2. The lowest BCUT2D eigenvalue weighted by molar-refractivity contribution is -0.122. The van der Waals surface area contributed by atoms with Crippen molar-refractivity contribution in [2.24, 2.45) is 5.73 Å². The first-order valence-electron chi connectivity index (χ1n) is 6.83. The molecule has 0 radical (unpaired) electrons. The molecule has 0 saturated carbocycles. The molecule has 0 aliphatic carbocycles. The zero-order valence-corrected chi connectivity index (χ0v) is 12.7. The van der Waals surface area contributed by atoms with Crippen molar-refractivity contribution in [3.8, 4) is 5.75 Å². The van der Waals surface area contributed by atoms with Crippen LogP contribution in [0.3, 0.4) is 0 Å². The Balaban J connectivity index is 1.83. The largest absolute Gasteiger partial charge is 0.508 e. The van der Waals surface area contributed by atoms with Crippen molar-refractivity contribution in [2.45, 2.75) is 32.4 Å². The summed E-state index contributed by atoms with van der Waals surface area (Å²) in [5.74, 6) is 0.00333. The second-order valence-electron chi connectivity index (χ2n) is 4.77. The summed E-state index contributed by atoms with van der Waals surface area (Å²) in [5.41, 5.74) is 6.81. The molecular formula is C15H19N3O2S. The number of nitrogens with two attached hydrogens (primary N) is 1. The molecular weight excluding hydrogens is 286 g/mol. The summed E-state index contributed by atoms with van der Waals surface area (Å²) in [5, 5.41) is 12.9. The SMILES string of the molecule is CCc1cnc(CNC(=O)[C@H](N)Cc2ccc(O)cc2)s1. The maximum atomic E-state index is 12.0. The van der Waals surface area contributed by atoms with Crippen LogP contribution in [-0.4, -0.2) is 22.0 Å². The fourth-order valence-corrected chi connectivity index (χ4v) is 2.67. The maximum Gasteiger partial charge on any atom is 0.237 e. The van der Waals surface area contributed by atoms with Crippen LogP contribution >= 0.6 is 11.3 Å². The number of hydrogen-bond donors (Lipinski definition) is 3. The standard InChI is InChI=1S/C15H19N3O2S/c1-2-12-8-17-14(21-12)9-18-15(20)13(16)7-10-3-5-11(19)6-4-10/h3-6,8,13,19H,2,7,9,16H2,1H3,(H,18,20)/t13-/m1/s1. The highest BCUT2D eigenvalue weighted by molar-refractivity contribution is 7.11. The van der Waals surface area contributed by atoms with Crippen molar-refractivity contribution in [2.75, 3.05) is 0 Å². The number of phenolic OH excluding ortho intramolecular Hbond substituents is 1. The summed E-state index contributed by atoms with van der Waals surface area (Å²) in [7, 11) is 0. The van der Waals surface area contributed by atoms with Crippen molar-refractivity contribution in [1.29, 1.82) is 0 Å². The summed E-state index contributed by atoms with van der Waals surface area (Å²) in [6.07, 6.45) is 3.22. The van der Waals surface area contributed by atoms with Crippen LogP contribution in [0, 0.1) is 0 Å². The highest BCUT2D eigenvalue weighted by Gasteiger charge is 2.14. The number of aromatic hydroxyl groups is 1. The van der Waals surface area contributed by atoms with E-state index in [0.29, 0.717) is 13.0 Å². The third-order valence-corrected chi connectivity index (χ3v) is 4.23. The predicted molar refractivity (Wildman–Crippen MR) is 83.1 cm³/mol. The van der Waals surface area contributed by atoms with Crippen molar-refractivity contribution in [3.63, 3.8) is 0 Å². The molecule has 1 heterocycles. The first-order valence-corrected chi connectivity index (χ1v) is 7.65. The van der Waals surface area contributed by atoms with Gasteiger partial charge >= 0.3 is 0 Å². The minimum Gasteiger partial charge on any atom is -0.508 e. The third kappa shape index (κ3) is 4.54. The fourth-order valence-electron chi connectivity index (χ4n) is 1.87. The minimum absolute atomic E-state index is 0.198. The van der Waals surface area contributed by atoms with E-state index in [2.05, 4.69) is 17.2 Å². The summed E-state index contributed by atoms with van der Waals surface area (Å²) >= 11 is 1.60. The van der Waals surface area contributed by atoms with Crippen LogP contribution in [0.1, 0.15) is 22.4 Å². The summed E-state index contributed by atoms with van der Waals surface area (Å²) in [6.45, 7) is 2.48. The zero-order valence-electron chi connectivity index (χ0n) is 11.9. The van der Waals surface area contributed by atoms with Crippen LogP contribution in [0.15, 0.2) is 30.5 Å². The van der Waals surface area contributed by atoms with Gasteiger partial charge in [-0.1, -0.05) is 19.1 Å². The molecule has 0 unspecified atom stereocenters. The normalized spacial score (nSPS) is 12.1. The Morgan fingerprint density at radius 2 is 2.14 bits per heavy atom. The van der Waals surface area contributed by atoms with Crippen molar-refractivity contribution in [3.05, 3.63) is 45.9 Å². The Hall–Kier alpha value is -1.92. The van der Waals surface area contributed by atoms with Crippen LogP contribution < -0.4 is 11.1 Å². The average molecular weight is 305 g/mol.